The predicted octanol–water partition coefficient (Wildman–Crippen LogP) is 4.28. The first-order valence-corrected chi connectivity index (χ1v) is 14.1. The van der Waals surface area contributed by atoms with Crippen molar-refractivity contribution in [2.75, 3.05) is 0 Å². The minimum Gasteiger partial charge on any atom is -0.393 e. The third-order valence-electron chi connectivity index (χ3n) is 4.92. The van der Waals surface area contributed by atoms with E-state index in [4.69, 9.17) is 65.9 Å². The van der Waals surface area contributed by atoms with Crippen molar-refractivity contribution in [1.29, 1.82) is 27.0 Å². The maximum Gasteiger partial charge on any atom is 0.0906 e. The minimum absolute atomic E-state index is 0.155. The fraction of sp³-hybridized carbons (Fsp3) is 0.815. The van der Waals surface area contributed by atoms with E-state index in [1.54, 1.807) is 0 Å². The lowest BCUT2D eigenvalue weighted by molar-refractivity contribution is 0.162. The summed E-state index contributed by atoms with van der Waals surface area (Å²) in [6.45, 7) is 9.94. The third kappa shape index (κ3) is 72.1. The number of aliphatic hydroxyl groups excluding tert-OH is 2. The number of rotatable bonds is 17. The Hall–Kier alpha value is -2.73. The van der Waals surface area contributed by atoms with Crippen molar-refractivity contribution >= 4 is 29.2 Å². The first kappa shape index (κ1) is 46.1. The summed E-state index contributed by atoms with van der Waals surface area (Å²) < 4.78 is 0. The van der Waals surface area contributed by atoms with Crippen LogP contribution in [0.2, 0.25) is 0 Å². The van der Waals surface area contributed by atoms with Gasteiger partial charge < -0.3 is 38.9 Å². The topological polar surface area (TPSA) is 290 Å². The normalized spacial score (nSPS) is 10.7. The standard InChI is InChI=1S/2C6H14N2O.2C6H14N2.C3H8N2/c2*1-2-5(9)3-4-6(7)8;2*1-2-3-4-5-6(7)8;1-2-3(4)5/h2*5,9H,2-4H2,1H3,(H3,7,8);2*2-5H2,1H3,(H3,7,8);2H2,1H3,(H3,4,5). The average Bonchev–Trinajstić information content (AvgIpc) is 2.87. The molecule has 0 heterocycles. The highest BCUT2D eigenvalue weighted by Gasteiger charge is 2.00. The Bertz CT molecular complexity index is 557. The quantitative estimate of drug-likeness (QED) is 0.0694. The molecule has 39 heavy (non-hydrogen) atoms. The third-order valence-corrected chi connectivity index (χ3v) is 4.92. The number of hydrogen-bond donors (Lipinski definition) is 12. The molecule has 2 atom stereocenters. The second-order valence-corrected chi connectivity index (χ2v) is 9.10. The molecule has 2 unspecified atom stereocenters. The van der Waals surface area contributed by atoms with Crippen molar-refractivity contribution in [2.45, 2.75) is 143 Å². The molecular formula is C27H64N10O2. The van der Waals surface area contributed by atoms with Crippen LogP contribution in [0.25, 0.3) is 0 Å². The van der Waals surface area contributed by atoms with E-state index in [0.717, 1.165) is 38.5 Å². The molecule has 0 rings (SSSR count). The first-order valence-electron chi connectivity index (χ1n) is 14.1. The van der Waals surface area contributed by atoms with Crippen molar-refractivity contribution in [3.05, 3.63) is 0 Å². The molecule has 0 saturated heterocycles. The Kier molecular flexibility index (Phi) is 44.3. The molecular weight excluding hydrogens is 496 g/mol. The van der Waals surface area contributed by atoms with Crippen LogP contribution in [0, 0.1) is 27.0 Å². The molecule has 0 radical (unpaired) electrons. The summed E-state index contributed by atoms with van der Waals surface area (Å²) >= 11 is 0. The molecule has 0 fully saturated rings. The first-order chi connectivity index (χ1) is 18.1. The van der Waals surface area contributed by atoms with Gasteiger partial charge in [0.1, 0.15) is 0 Å². The molecule has 0 aromatic carbocycles. The number of aliphatic hydroxyl groups is 2. The molecule has 0 aliphatic carbocycles. The lowest BCUT2D eigenvalue weighted by atomic mass is 10.1. The number of amidine groups is 5. The van der Waals surface area contributed by atoms with Gasteiger partial charge in [-0.25, -0.2) is 0 Å². The summed E-state index contributed by atoms with van der Waals surface area (Å²) in [6, 6.07) is 0. The summed E-state index contributed by atoms with van der Waals surface area (Å²) in [7, 11) is 0. The van der Waals surface area contributed by atoms with Crippen LogP contribution in [-0.4, -0.2) is 51.6 Å². The van der Waals surface area contributed by atoms with Crippen LogP contribution < -0.4 is 28.7 Å². The van der Waals surface area contributed by atoms with Gasteiger partial charge in [0.05, 0.1) is 41.4 Å². The Morgan fingerprint density at radius 3 is 0.897 bits per heavy atom. The summed E-state index contributed by atoms with van der Waals surface area (Å²) in [4.78, 5) is 0. The number of nitrogens with one attached hydrogen (secondary N) is 5. The molecule has 12 heteroatoms. The molecule has 0 aromatic heterocycles. The largest absolute Gasteiger partial charge is 0.393 e. The van der Waals surface area contributed by atoms with Crippen LogP contribution in [0.4, 0.5) is 0 Å². The highest BCUT2D eigenvalue weighted by Crippen LogP contribution is 2.00. The second-order valence-electron chi connectivity index (χ2n) is 9.10. The summed E-state index contributed by atoms with van der Waals surface area (Å²) in [5.74, 6) is 1.20. The monoisotopic (exact) mass is 561 g/mol. The van der Waals surface area contributed by atoms with Gasteiger partial charge in [-0.15, -0.1) is 0 Å². The van der Waals surface area contributed by atoms with Crippen molar-refractivity contribution in [2.24, 2.45) is 28.7 Å². The zero-order valence-corrected chi connectivity index (χ0v) is 25.5. The van der Waals surface area contributed by atoms with Crippen LogP contribution in [0.1, 0.15) is 131 Å². The Labute approximate surface area is 238 Å². The van der Waals surface area contributed by atoms with Crippen LogP contribution in [0.15, 0.2) is 0 Å². The van der Waals surface area contributed by atoms with E-state index in [0.29, 0.717) is 43.8 Å². The molecule has 0 aromatic rings. The van der Waals surface area contributed by atoms with Gasteiger partial charge in [-0.1, -0.05) is 60.3 Å². The van der Waals surface area contributed by atoms with E-state index in [1.165, 1.54) is 25.7 Å². The molecule has 17 N–H and O–H groups in total. The van der Waals surface area contributed by atoms with Crippen molar-refractivity contribution in [3.63, 3.8) is 0 Å². The second kappa shape index (κ2) is 37.4. The minimum atomic E-state index is -0.283. The predicted molar refractivity (Wildman–Crippen MR) is 169 cm³/mol. The van der Waals surface area contributed by atoms with E-state index in [2.05, 4.69) is 13.8 Å². The smallest absolute Gasteiger partial charge is 0.0906 e. The van der Waals surface area contributed by atoms with Gasteiger partial charge in [0.2, 0.25) is 0 Å². The van der Waals surface area contributed by atoms with Gasteiger partial charge in [0.15, 0.2) is 0 Å². The van der Waals surface area contributed by atoms with E-state index in [-0.39, 0.29) is 29.7 Å². The Morgan fingerprint density at radius 2 is 0.744 bits per heavy atom. The molecule has 0 spiro atoms. The van der Waals surface area contributed by atoms with Crippen molar-refractivity contribution in [3.8, 4) is 0 Å². The van der Waals surface area contributed by atoms with Gasteiger partial charge >= 0.3 is 0 Å². The molecule has 0 aliphatic heterocycles. The molecule has 0 amide bonds. The van der Waals surface area contributed by atoms with E-state index >= 15 is 0 Å². The van der Waals surface area contributed by atoms with Gasteiger partial charge in [-0.05, 0) is 38.5 Å². The number of nitrogens with two attached hydrogens (primary N) is 5. The summed E-state index contributed by atoms with van der Waals surface area (Å²) in [5.41, 5.74) is 25.2. The SMILES string of the molecule is CCC(=N)N.CCC(O)CCC(=N)N.CCC(O)CCC(=N)N.CCCCCC(=N)N.CCCCCC(=N)N. The summed E-state index contributed by atoms with van der Waals surface area (Å²) in [5, 5.41) is 51.8. The molecule has 0 saturated carbocycles. The highest BCUT2D eigenvalue weighted by molar-refractivity contribution is 5.77. The van der Waals surface area contributed by atoms with Gasteiger partial charge in [0.25, 0.3) is 0 Å². The fourth-order valence-electron chi connectivity index (χ4n) is 2.18. The maximum atomic E-state index is 8.95. The highest BCUT2D eigenvalue weighted by atomic mass is 16.3. The zero-order chi connectivity index (χ0) is 31.6. The summed E-state index contributed by atoms with van der Waals surface area (Å²) in [6.07, 6.45) is 12.3. The molecule has 0 aliphatic rings. The van der Waals surface area contributed by atoms with E-state index in [1.807, 2.05) is 20.8 Å². The zero-order valence-electron chi connectivity index (χ0n) is 25.5. The number of unbranched alkanes of at least 4 members (excludes halogenated alkanes) is 4. The molecule has 12 nitrogen and oxygen atoms in total. The fourth-order valence-corrected chi connectivity index (χ4v) is 2.18. The lowest BCUT2D eigenvalue weighted by Gasteiger charge is -2.04. The number of hydrogen-bond acceptors (Lipinski definition) is 7. The average molecular weight is 561 g/mol. The van der Waals surface area contributed by atoms with Crippen LogP contribution in [0.3, 0.4) is 0 Å². The lowest BCUT2D eigenvalue weighted by Crippen LogP contribution is -2.13. The van der Waals surface area contributed by atoms with Crippen molar-refractivity contribution in [1.82, 2.24) is 0 Å². The Morgan fingerprint density at radius 1 is 0.487 bits per heavy atom. The van der Waals surface area contributed by atoms with Gasteiger partial charge in [-0.3, -0.25) is 27.0 Å². The van der Waals surface area contributed by atoms with Crippen molar-refractivity contribution < 1.29 is 10.2 Å². The van der Waals surface area contributed by atoms with E-state index < -0.39 is 0 Å². The Balaban J connectivity index is -0.000000125. The van der Waals surface area contributed by atoms with Crippen LogP contribution in [0.5, 0.6) is 0 Å². The van der Waals surface area contributed by atoms with E-state index in [9.17, 15) is 0 Å². The van der Waals surface area contributed by atoms with Crippen LogP contribution in [-0.2, 0) is 0 Å². The van der Waals surface area contributed by atoms with Gasteiger partial charge in [-0.2, -0.15) is 0 Å². The molecule has 0 bridgehead atoms. The maximum absolute atomic E-state index is 8.95. The molecule has 234 valence electrons. The van der Waals surface area contributed by atoms with Crippen LogP contribution >= 0.6 is 0 Å². The van der Waals surface area contributed by atoms with Gasteiger partial charge in [0, 0.05) is 32.1 Å².